The highest BCUT2D eigenvalue weighted by Gasteiger charge is 2.27. The van der Waals surface area contributed by atoms with Crippen LogP contribution in [-0.4, -0.2) is 55.5 Å². The first-order chi connectivity index (χ1) is 8.67. The number of hydrogen-bond acceptors (Lipinski definition) is 3. The standard InChI is InChI=1S/C13H26N2O3/c1-3-13(4-2,5-8-16)11-14-12(17)15-6-9-18-10-7-15/h16H,3-11H2,1-2H3,(H,14,17). The summed E-state index contributed by atoms with van der Waals surface area (Å²) < 4.78 is 5.22. The molecule has 5 heteroatoms. The van der Waals surface area contributed by atoms with Crippen LogP contribution in [0.5, 0.6) is 0 Å². The molecule has 2 N–H and O–H groups in total. The number of nitrogens with zero attached hydrogens (tertiary/aromatic N) is 1. The summed E-state index contributed by atoms with van der Waals surface area (Å²) in [7, 11) is 0. The van der Waals surface area contributed by atoms with Gasteiger partial charge in [-0.25, -0.2) is 4.79 Å². The molecule has 5 nitrogen and oxygen atoms in total. The molecule has 0 radical (unpaired) electrons. The predicted octanol–water partition coefficient (Wildman–Crippen LogP) is 1.22. The molecular weight excluding hydrogens is 232 g/mol. The van der Waals surface area contributed by atoms with E-state index in [0.717, 1.165) is 19.3 Å². The molecule has 0 unspecified atom stereocenters. The van der Waals surface area contributed by atoms with E-state index in [0.29, 0.717) is 32.8 Å². The number of aliphatic hydroxyl groups is 1. The van der Waals surface area contributed by atoms with Crippen LogP contribution in [0, 0.1) is 5.41 Å². The van der Waals surface area contributed by atoms with E-state index in [-0.39, 0.29) is 18.1 Å². The lowest BCUT2D eigenvalue weighted by Gasteiger charge is -2.33. The first kappa shape index (κ1) is 15.2. The maximum Gasteiger partial charge on any atom is 0.317 e. The fourth-order valence-electron chi connectivity index (χ4n) is 2.32. The van der Waals surface area contributed by atoms with Crippen LogP contribution in [0.4, 0.5) is 4.79 Å². The molecule has 2 amide bonds. The zero-order chi connectivity index (χ0) is 13.4. The third-order valence-electron chi connectivity index (χ3n) is 4.06. The van der Waals surface area contributed by atoms with Crippen LogP contribution in [0.1, 0.15) is 33.1 Å². The van der Waals surface area contributed by atoms with E-state index in [1.165, 1.54) is 0 Å². The average Bonchev–Trinajstić information content (AvgIpc) is 2.44. The van der Waals surface area contributed by atoms with E-state index >= 15 is 0 Å². The fourth-order valence-corrected chi connectivity index (χ4v) is 2.32. The topological polar surface area (TPSA) is 61.8 Å². The Morgan fingerprint density at radius 2 is 1.94 bits per heavy atom. The van der Waals surface area contributed by atoms with Crippen molar-refractivity contribution in [3.05, 3.63) is 0 Å². The molecule has 0 spiro atoms. The van der Waals surface area contributed by atoms with Crippen LogP contribution in [0.15, 0.2) is 0 Å². The van der Waals surface area contributed by atoms with Crippen molar-refractivity contribution in [1.29, 1.82) is 0 Å². The Balaban J connectivity index is 2.43. The van der Waals surface area contributed by atoms with E-state index < -0.39 is 0 Å². The number of morpholine rings is 1. The number of carbonyl (C=O) groups excluding carboxylic acids is 1. The first-order valence-electron chi connectivity index (χ1n) is 6.89. The summed E-state index contributed by atoms with van der Waals surface area (Å²) in [5.74, 6) is 0. The third kappa shape index (κ3) is 4.14. The molecule has 18 heavy (non-hydrogen) atoms. The van der Waals surface area contributed by atoms with Gasteiger partial charge in [-0.15, -0.1) is 0 Å². The molecule has 1 rings (SSSR count). The van der Waals surface area contributed by atoms with Crippen LogP contribution < -0.4 is 5.32 Å². The second-order valence-corrected chi connectivity index (χ2v) is 4.94. The molecule has 0 aromatic heterocycles. The smallest absolute Gasteiger partial charge is 0.317 e. The van der Waals surface area contributed by atoms with Crippen molar-refractivity contribution in [2.75, 3.05) is 39.5 Å². The number of hydrogen-bond donors (Lipinski definition) is 2. The van der Waals surface area contributed by atoms with E-state index in [4.69, 9.17) is 9.84 Å². The van der Waals surface area contributed by atoms with E-state index in [1.807, 2.05) is 0 Å². The zero-order valence-corrected chi connectivity index (χ0v) is 11.6. The molecule has 0 aromatic carbocycles. The van der Waals surface area contributed by atoms with Crippen molar-refractivity contribution < 1.29 is 14.6 Å². The predicted molar refractivity (Wildman–Crippen MR) is 70.5 cm³/mol. The van der Waals surface area contributed by atoms with Crippen LogP contribution in [0.25, 0.3) is 0 Å². The lowest BCUT2D eigenvalue weighted by molar-refractivity contribution is 0.0518. The highest BCUT2D eigenvalue weighted by atomic mass is 16.5. The molecular formula is C13H26N2O3. The second kappa shape index (κ2) is 7.59. The van der Waals surface area contributed by atoms with Gasteiger partial charge in [0.2, 0.25) is 0 Å². The van der Waals surface area contributed by atoms with Gasteiger partial charge >= 0.3 is 6.03 Å². The molecule has 1 aliphatic heterocycles. The zero-order valence-electron chi connectivity index (χ0n) is 11.6. The van der Waals surface area contributed by atoms with Gasteiger partial charge in [0.1, 0.15) is 0 Å². The first-order valence-corrected chi connectivity index (χ1v) is 6.89. The Bertz CT molecular complexity index is 249. The van der Waals surface area contributed by atoms with Gasteiger partial charge in [-0.05, 0) is 24.7 Å². The van der Waals surface area contributed by atoms with Gasteiger partial charge in [0.15, 0.2) is 0 Å². The summed E-state index contributed by atoms with van der Waals surface area (Å²) in [5.41, 5.74) is 0.0245. The van der Waals surface area contributed by atoms with Crippen molar-refractivity contribution in [2.45, 2.75) is 33.1 Å². The largest absolute Gasteiger partial charge is 0.396 e. The lowest BCUT2D eigenvalue weighted by Crippen LogP contribution is -2.49. The maximum atomic E-state index is 12.0. The summed E-state index contributed by atoms with van der Waals surface area (Å²) in [6, 6.07) is -0.0116. The molecule has 0 saturated carbocycles. The average molecular weight is 258 g/mol. The van der Waals surface area contributed by atoms with Crippen LogP contribution >= 0.6 is 0 Å². The summed E-state index contributed by atoms with van der Waals surface area (Å²) in [5, 5.41) is 12.1. The van der Waals surface area contributed by atoms with Crippen molar-refractivity contribution >= 4 is 6.03 Å². The minimum Gasteiger partial charge on any atom is -0.396 e. The Hall–Kier alpha value is -0.810. The number of aliphatic hydroxyl groups excluding tert-OH is 1. The van der Waals surface area contributed by atoms with Crippen molar-refractivity contribution in [1.82, 2.24) is 10.2 Å². The summed E-state index contributed by atoms with van der Waals surface area (Å²) in [6.07, 6.45) is 2.67. The van der Waals surface area contributed by atoms with Crippen LogP contribution in [0.3, 0.4) is 0 Å². The van der Waals surface area contributed by atoms with Crippen LogP contribution in [0.2, 0.25) is 0 Å². The minimum atomic E-state index is -0.0116. The number of amides is 2. The van der Waals surface area contributed by atoms with Gasteiger partial charge in [0.25, 0.3) is 0 Å². The number of carbonyl (C=O) groups is 1. The van der Waals surface area contributed by atoms with Crippen molar-refractivity contribution in [3.8, 4) is 0 Å². The number of ether oxygens (including phenoxy) is 1. The minimum absolute atomic E-state index is 0.0116. The second-order valence-electron chi connectivity index (χ2n) is 4.94. The van der Waals surface area contributed by atoms with E-state index in [2.05, 4.69) is 19.2 Å². The number of urea groups is 1. The third-order valence-corrected chi connectivity index (χ3v) is 4.06. The quantitative estimate of drug-likeness (QED) is 0.753. The molecule has 0 bridgehead atoms. The van der Waals surface area contributed by atoms with Crippen molar-refractivity contribution in [3.63, 3.8) is 0 Å². The Morgan fingerprint density at radius 3 is 2.44 bits per heavy atom. The lowest BCUT2D eigenvalue weighted by atomic mass is 9.79. The highest BCUT2D eigenvalue weighted by molar-refractivity contribution is 5.74. The summed E-state index contributed by atoms with van der Waals surface area (Å²) in [4.78, 5) is 13.8. The molecule has 1 saturated heterocycles. The van der Waals surface area contributed by atoms with Gasteiger partial charge in [-0.2, -0.15) is 0 Å². The van der Waals surface area contributed by atoms with E-state index in [9.17, 15) is 4.79 Å². The monoisotopic (exact) mass is 258 g/mol. The SMILES string of the molecule is CCC(CC)(CCO)CNC(=O)N1CCOCC1. The van der Waals surface area contributed by atoms with Gasteiger partial charge in [-0.3, -0.25) is 0 Å². The molecule has 1 heterocycles. The highest BCUT2D eigenvalue weighted by Crippen LogP contribution is 2.29. The Morgan fingerprint density at radius 1 is 1.33 bits per heavy atom. The Kier molecular flexibility index (Phi) is 6.43. The Labute approximate surface area is 109 Å². The molecule has 0 atom stereocenters. The normalized spacial score (nSPS) is 16.7. The van der Waals surface area contributed by atoms with Crippen molar-refractivity contribution in [2.24, 2.45) is 5.41 Å². The van der Waals surface area contributed by atoms with Gasteiger partial charge in [-0.1, -0.05) is 13.8 Å². The van der Waals surface area contributed by atoms with Gasteiger partial charge < -0.3 is 20.1 Å². The fraction of sp³-hybridized carbons (Fsp3) is 0.923. The molecule has 1 aliphatic rings. The molecule has 106 valence electrons. The number of nitrogens with one attached hydrogen (secondary N) is 1. The summed E-state index contributed by atoms with van der Waals surface area (Å²) >= 11 is 0. The van der Waals surface area contributed by atoms with Gasteiger partial charge in [0, 0.05) is 26.2 Å². The molecule has 0 aromatic rings. The van der Waals surface area contributed by atoms with Gasteiger partial charge in [0.05, 0.1) is 13.2 Å². The molecule has 1 fully saturated rings. The maximum absolute atomic E-state index is 12.0. The molecule has 0 aliphatic carbocycles. The van der Waals surface area contributed by atoms with Crippen LogP contribution in [-0.2, 0) is 4.74 Å². The number of rotatable bonds is 6. The summed E-state index contributed by atoms with van der Waals surface area (Å²) in [6.45, 7) is 7.60. The van der Waals surface area contributed by atoms with E-state index in [1.54, 1.807) is 4.90 Å².